The fraction of sp³-hybridized carbons (Fsp3) is 1.00. The molecule has 1 heteroatoms. The predicted octanol–water partition coefficient (Wildman–Crippen LogP) is 4.00. The smallest absolute Gasteiger partial charge is 0.0619 e. The van der Waals surface area contributed by atoms with Crippen molar-refractivity contribution in [3.05, 3.63) is 0 Å². The second-order valence-electron chi connectivity index (χ2n) is 5.10. The second kappa shape index (κ2) is 6.44. The molecule has 0 aliphatic rings. The average Bonchev–Trinajstić information content (AvgIpc) is 2.18. The van der Waals surface area contributed by atoms with Crippen molar-refractivity contribution in [3.8, 4) is 0 Å². The van der Waals surface area contributed by atoms with Crippen LogP contribution in [0.15, 0.2) is 0 Å². The van der Waals surface area contributed by atoms with E-state index in [9.17, 15) is 5.11 Å². The molecule has 2 unspecified atom stereocenters. The van der Waals surface area contributed by atoms with Crippen LogP contribution >= 0.6 is 0 Å². The van der Waals surface area contributed by atoms with Gasteiger partial charge in [0.1, 0.15) is 0 Å². The molecule has 1 nitrogen and oxygen atoms in total. The third-order valence-corrected chi connectivity index (χ3v) is 3.61. The number of hydrogen-bond acceptors (Lipinski definition) is 1. The maximum Gasteiger partial charge on any atom is 0.0619 e. The van der Waals surface area contributed by atoms with Crippen LogP contribution in [0.5, 0.6) is 0 Å². The molecule has 0 heterocycles. The van der Waals surface area contributed by atoms with Crippen LogP contribution in [-0.2, 0) is 0 Å². The Balaban J connectivity index is 4.22. The highest BCUT2D eigenvalue weighted by Gasteiger charge is 2.31. The summed E-state index contributed by atoms with van der Waals surface area (Å²) in [4.78, 5) is 0. The number of aliphatic hydroxyl groups is 1. The minimum Gasteiger partial charge on any atom is -0.392 e. The van der Waals surface area contributed by atoms with E-state index in [2.05, 4.69) is 34.6 Å². The summed E-state index contributed by atoms with van der Waals surface area (Å²) >= 11 is 0. The molecule has 0 aliphatic carbocycles. The highest BCUT2D eigenvalue weighted by atomic mass is 16.3. The minimum atomic E-state index is -0.135. The molecule has 0 saturated heterocycles. The highest BCUT2D eigenvalue weighted by Crippen LogP contribution is 2.33. The van der Waals surface area contributed by atoms with Crippen molar-refractivity contribution in [2.45, 2.75) is 72.8 Å². The van der Waals surface area contributed by atoms with Gasteiger partial charge in [-0.15, -0.1) is 0 Å². The van der Waals surface area contributed by atoms with Crippen molar-refractivity contribution >= 4 is 0 Å². The maximum atomic E-state index is 10.3. The zero-order valence-electron chi connectivity index (χ0n) is 10.6. The summed E-state index contributed by atoms with van der Waals surface area (Å²) in [6.45, 7) is 10.9. The Kier molecular flexibility index (Phi) is 6.43. The molecule has 0 bridgehead atoms. The van der Waals surface area contributed by atoms with Crippen LogP contribution < -0.4 is 0 Å². The lowest BCUT2D eigenvalue weighted by molar-refractivity contribution is -0.00607. The zero-order valence-corrected chi connectivity index (χ0v) is 10.6. The highest BCUT2D eigenvalue weighted by molar-refractivity contribution is 4.81. The first-order chi connectivity index (χ1) is 6.49. The quantitative estimate of drug-likeness (QED) is 0.658. The second-order valence-corrected chi connectivity index (χ2v) is 5.10. The van der Waals surface area contributed by atoms with Crippen molar-refractivity contribution in [1.29, 1.82) is 0 Å². The summed E-state index contributed by atoms with van der Waals surface area (Å²) < 4.78 is 0. The van der Waals surface area contributed by atoms with E-state index < -0.39 is 0 Å². The van der Waals surface area contributed by atoms with Crippen LogP contribution in [0.1, 0.15) is 66.7 Å². The van der Waals surface area contributed by atoms with Crippen molar-refractivity contribution < 1.29 is 5.11 Å². The number of hydrogen-bond donors (Lipinski definition) is 1. The molecular formula is C13H28O. The standard InChI is InChI=1S/C13H28O/c1-6-9-10-11(7-2)12(14)13(4,5)8-3/h11-12,14H,6-10H2,1-5H3. The normalized spacial score (nSPS) is 16.7. The topological polar surface area (TPSA) is 20.2 Å². The molecule has 86 valence electrons. The van der Waals surface area contributed by atoms with Crippen molar-refractivity contribution in [1.82, 2.24) is 0 Å². The summed E-state index contributed by atoms with van der Waals surface area (Å²) in [5.74, 6) is 0.491. The van der Waals surface area contributed by atoms with E-state index >= 15 is 0 Å². The van der Waals surface area contributed by atoms with Gasteiger partial charge in [0, 0.05) is 0 Å². The van der Waals surface area contributed by atoms with Gasteiger partial charge in [-0.3, -0.25) is 0 Å². The molecule has 14 heavy (non-hydrogen) atoms. The largest absolute Gasteiger partial charge is 0.392 e. The molecule has 2 atom stereocenters. The molecule has 0 fully saturated rings. The van der Waals surface area contributed by atoms with Crippen molar-refractivity contribution in [2.24, 2.45) is 11.3 Å². The molecule has 0 spiro atoms. The Morgan fingerprint density at radius 2 is 1.71 bits per heavy atom. The van der Waals surface area contributed by atoms with Gasteiger partial charge in [0.25, 0.3) is 0 Å². The van der Waals surface area contributed by atoms with Crippen LogP contribution in [0.4, 0.5) is 0 Å². The van der Waals surface area contributed by atoms with Crippen LogP contribution in [-0.4, -0.2) is 11.2 Å². The molecule has 0 aromatic heterocycles. The Labute approximate surface area is 89.9 Å². The molecule has 0 radical (unpaired) electrons. The Morgan fingerprint density at radius 3 is 2.07 bits per heavy atom. The fourth-order valence-electron chi connectivity index (χ4n) is 1.90. The van der Waals surface area contributed by atoms with Gasteiger partial charge in [-0.05, 0) is 24.2 Å². The van der Waals surface area contributed by atoms with Crippen LogP contribution in [0.2, 0.25) is 0 Å². The third kappa shape index (κ3) is 4.00. The van der Waals surface area contributed by atoms with Crippen LogP contribution in [0.25, 0.3) is 0 Å². The van der Waals surface area contributed by atoms with Gasteiger partial charge < -0.3 is 5.11 Å². The van der Waals surface area contributed by atoms with E-state index in [1.165, 1.54) is 19.3 Å². The van der Waals surface area contributed by atoms with Crippen molar-refractivity contribution in [3.63, 3.8) is 0 Å². The molecule has 0 saturated carbocycles. The minimum absolute atomic E-state index is 0.0778. The Morgan fingerprint density at radius 1 is 1.14 bits per heavy atom. The monoisotopic (exact) mass is 200 g/mol. The van der Waals surface area contributed by atoms with Crippen LogP contribution in [0, 0.1) is 11.3 Å². The molecule has 0 aromatic carbocycles. The Bertz CT molecular complexity index is 140. The maximum absolute atomic E-state index is 10.3. The number of unbranched alkanes of at least 4 members (excludes halogenated alkanes) is 1. The molecule has 0 amide bonds. The van der Waals surface area contributed by atoms with Gasteiger partial charge in [0.05, 0.1) is 6.10 Å². The van der Waals surface area contributed by atoms with Gasteiger partial charge in [-0.1, -0.05) is 53.9 Å². The van der Waals surface area contributed by atoms with E-state index in [1.807, 2.05) is 0 Å². The van der Waals surface area contributed by atoms with E-state index in [1.54, 1.807) is 0 Å². The molecule has 1 N–H and O–H groups in total. The SMILES string of the molecule is CCCCC(CC)C(O)C(C)(C)CC. The van der Waals surface area contributed by atoms with E-state index in [0.29, 0.717) is 5.92 Å². The summed E-state index contributed by atoms with van der Waals surface area (Å²) in [6.07, 6.45) is 5.67. The zero-order chi connectivity index (χ0) is 11.2. The predicted molar refractivity (Wildman–Crippen MR) is 63.4 cm³/mol. The Hall–Kier alpha value is -0.0400. The number of aliphatic hydroxyl groups excluding tert-OH is 1. The summed E-state index contributed by atoms with van der Waals surface area (Å²) in [7, 11) is 0. The third-order valence-electron chi connectivity index (χ3n) is 3.61. The first kappa shape index (κ1) is 14.0. The lowest BCUT2D eigenvalue weighted by Gasteiger charge is -2.35. The van der Waals surface area contributed by atoms with Crippen LogP contribution in [0.3, 0.4) is 0 Å². The van der Waals surface area contributed by atoms with Gasteiger partial charge in [0.15, 0.2) is 0 Å². The molecule has 0 aromatic rings. The molecule has 0 rings (SSSR count). The van der Waals surface area contributed by atoms with E-state index in [0.717, 1.165) is 12.8 Å². The number of rotatable bonds is 7. The summed E-state index contributed by atoms with van der Waals surface area (Å²) in [5.41, 5.74) is 0.0778. The van der Waals surface area contributed by atoms with Gasteiger partial charge in [-0.2, -0.15) is 0 Å². The molecule has 0 aliphatic heterocycles. The fourth-order valence-corrected chi connectivity index (χ4v) is 1.90. The molecular weight excluding hydrogens is 172 g/mol. The lowest BCUT2D eigenvalue weighted by atomic mass is 9.75. The summed E-state index contributed by atoms with van der Waals surface area (Å²) in [6, 6.07) is 0. The van der Waals surface area contributed by atoms with Gasteiger partial charge >= 0.3 is 0 Å². The van der Waals surface area contributed by atoms with E-state index in [4.69, 9.17) is 0 Å². The van der Waals surface area contributed by atoms with Gasteiger partial charge in [-0.25, -0.2) is 0 Å². The summed E-state index contributed by atoms with van der Waals surface area (Å²) in [5, 5.41) is 10.3. The van der Waals surface area contributed by atoms with E-state index in [-0.39, 0.29) is 11.5 Å². The van der Waals surface area contributed by atoms with Crippen molar-refractivity contribution in [2.75, 3.05) is 0 Å². The van der Waals surface area contributed by atoms with Gasteiger partial charge in [0.2, 0.25) is 0 Å². The first-order valence-electron chi connectivity index (χ1n) is 6.17. The average molecular weight is 200 g/mol. The lowest BCUT2D eigenvalue weighted by Crippen LogP contribution is -2.35. The first-order valence-corrected chi connectivity index (χ1v) is 6.17.